The van der Waals surface area contributed by atoms with E-state index in [0.29, 0.717) is 11.1 Å². The molecule has 25 heavy (non-hydrogen) atoms. The number of benzene rings is 3. The standard InChI is InChI=1S/C19H14N4O2/c24-18-14(6-5-12-3-1-2-4-15(12)18)10-22-23-19(25)13-7-8-16-17(9-13)21-11-20-16/h1-11,24H,(H,20,21)(H,23,25)/b22-10+. The van der Waals surface area contributed by atoms with Crippen molar-refractivity contribution in [1.29, 1.82) is 0 Å². The molecule has 0 spiro atoms. The van der Waals surface area contributed by atoms with Gasteiger partial charge in [0.05, 0.1) is 23.6 Å². The van der Waals surface area contributed by atoms with Crippen LogP contribution in [0.5, 0.6) is 5.75 Å². The first-order chi connectivity index (χ1) is 12.2. The molecule has 0 saturated heterocycles. The molecule has 0 atom stereocenters. The number of phenolic OH excluding ortho intramolecular Hbond substituents is 1. The van der Waals surface area contributed by atoms with Crippen LogP contribution in [-0.4, -0.2) is 27.2 Å². The van der Waals surface area contributed by atoms with Crippen LogP contribution in [0.4, 0.5) is 0 Å². The van der Waals surface area contributed by atoms with Gasteiger partial charge in [0.25, 0.3) is 5.91 Å². The quantitative estimate of drug-likeness (QED) is 0.398. The Kier molecular flexibility index (Phi) is 3.63. The summed E-state index contributed by atoms with van der Waals surface area (Å²) in [4.78, 5) is 19.2. The van der Waals surface area contributed by atoms with Gasteiger partial charge in [-0.1, -0.05) is 30.3 Å². The van der Waals surface area contributed by atoms with Crippen LogP contribution in [0, 0.1) is 0 Å². The summed E-state index contributed by atoms with van der Waals surface area (Å²) in [6.45, 7) is 0. The van der Waals surface area contributed by atoms with Gasteiger partial charge in [-0.3, -0.25) is 4.79 Å². The Morgan fingerprint density at radius 1 is 1.16 bits per heavy atom. The maximum absolute atomic E-state index is 12.2. The van der Waals surface area contributed by atoms with Gasteiger partial charge in [-0.15, -0.1) is 0 Å². The molecule has 1 amide bonds. The monoisotopic (exact) mass is 330 g/mol. The van der Waals surface area contributed by atoms with Crippen molar-refractivity contribution in [2.24, 2.45) is 5.10 Å². The molecule has 4 aromatic rings. The van der Waals surface area contributed by atoms with Crippen LogP contribution in [0.15, 0.2) is 66.0 Å². The summed E-state index contributed by atoms with van der Waals surface area (Å²) in [5, 5.41) is 15.9. The van der Waals surface area contributed by atoms with E-state index >= 15 is 0 Å². The van der Waals surface area contributed by atoms with Crippen LogP contribution in [0.3, 0.4) is 0 Å². The molecule has 0 radical (unpaired) electrons. The van der Waals surface area contributed by atoms with Crippen molar-refractivity contribution < 1.29 is 9.90 Å². The number of amides is 1. The Morgan fingerprint density at radius 2 is 2.04 bits per heavy atom. The summed E-state index contributed by atoms with van der Waals surface area (Å²) in [5.74, 6) is -0.206. The highest BCUT2D eigenvalue weighted by Crippen LogP contribution is 2.27. The topological polar surface area (TPSA) is 90.4 Å². The first-order valence-corrected chi connectivity index (χ1v) is 7.69. The van der Waals surface area contributed by atoms with Gasteiger partial charge in [-0.05, 0) is 29.7 Å². The SMILES string of the molecule is O=C(N/N=C/c1ccc2ccccc2c1O)c1ccc2nc[nH]c2c1. The number of hydrogen-bond donors (Lipinski definition) is 3. The minimum absolute atomic E-state index is 0.134. The molecule has 0 saturated carbocycles. The number of nitrogens with zero attached hydrogens (tertiary/aromatic N) is 2. The Morgan fingerprint density at radius 3 is 2.96 bits per heavy atom. The Labute approximate surface area is 142 Å². The number of hydrogen-bond acceptors (Lipinski definition) is 4. The lowest BCUT2D eigenvalue weighted by molar-refractivity contribution is 0.0955. The fourth-order valence-corrected chi connectivity index (χ4v) is 2.68. The zero-order valence-electron chi connectivity index (χ0n) is 13.1. The van der Waals surface area contributed by atoms with E-state index in [0.717, 1.165) is 21.8 Å². The number of hydrazone groups is 1. The second-order valence-electron chi connectivity index (χ2n) is 5.56. The predicted molar refractivity (Wildman–Crippen MR) is 96.8 cm³/mol. The highest BCUT2D eigenvalue weighted by atomic mass is 16.3. The van der Waals surface area contributed by atoms with Crippen LogP contribution < -0.4 is 5.43 Å². The summed E-state index contributed by atoms with van der Waals surface area (Å²) in [7, 11) is 0. The van der Waals surface area contributed by atoms with Crippen LogP contribution >= 0.6 is 0 Å². The second kappa shape index (κ2) is 6.09. The van der Waals surface area contributed by atoms with Gasteiger partial charge in [0, 0.05) is 16.5 Å². The third kappa shape index (κ3) is 2.81. The number of aromatic nitrogens is 2. The number of carbonyl (C=O) groups excluding carboxylic acids is 1. The van der Waals surface area contributed by atoms with Crippen molar-refractivity contribution in [2.45, 2.75) is 0 Å². The number of H-pyrrole nitrogens is 1. The van der Waals surface area contributed by atoms with E-state index in [-0.39, 0.29) is 11.7 Å². The zero-order valence-corrected chi connectivity index (χ0v) is 13.1. The maximum Gasteiger partial charge on any atom is 0.271 e. The van der Waals surface area contributed by atoms with E-state index < -0.39 is 0 Å². The lowest BCUT2D eigenvalue weighted by Gasteiger charge is -2.04. The van der Waals surface area contributed by atoms with Crippen molar-refractivity contribution >= 4 is 33.9 Å². The van der Waals surface area contributed by atoms with E-state index in [1.54, 1.807) is 30.6 Å². The molecule has 0 bridgehead atoms. The number of fused-ring (bicyclic) bond motifs is 2. The largest absolute Gasteiger partial charge is 0.507 e. The van der Waals surface area contributed by atoms with Gasteiger partial charge in [0.2, 0.25) is 0 Å². The minimum Gasteiger partial charge on any atom is -0.507 e. The smallest absolute Gasteiger partial charge is 0.271 e. The molecule has 6 nitrogen and oxygen atoms in total. The molecule has 0 aliphatic rings. The van der Waals surface area contributed by atoms with Gasteiger partial charge in [-0.2, -0.15) is 5.10 Å². The van der Waals surface area contributed by atoms with E-state index in [9.17, 15) is 9.90 Å². The summed E-state index contributed by atoms with van der Waals surface area (Å²) < 4.78 is 0. The molecule has 0 aliphatic carbocycles. The van der Waals surface area contributed by atoms with Crippen molar-refractivity contribution in [2.75, 3.05) is 0 Å². The molecule has 1 heterocycles. The molecule has 6 heteroatoms. The molecule has 3 N–H and O–H groups in total. The van der Waals surface area contributed by atoms with Crippen LogP contribution in [-0.2, 0) is 0 Å². The molecule has 0 fully saturated rings. The minimum atomic E-state index is -0.340. The Balaban J connectivity index is 1.54. The number of phenols is 1. The van der Waals surface area contributed by atoms with Crippen LogP contribution in [0.25, 0.3) is 21.8 Å². The molecule has 122 valence electrons. The summed E-state index contributed by atoms with van der Waals surface area (Å²) in [5.41, 5.74) is 5.04. The van der Waals surface area contributed by atoms with E-state index in [2.05, 4.69) is 20.5 Å². The highest BCUT2D eigenvalue weighted by Gasteiger charge is 2.07. The molecular weight excluding hydrogens is 316 g/mol. The van der Waals surface area contributed by atoms with E-state index in [1.165, 1.54) is 6.21 Å². The number of nitrogens with one attached hydrogen (secondary N) is 2. The summed E-state index contributed by atoms with van der Waals surface area (Å²) in [6.07, 6.45) is 3.00. The molecule has 0 aliphatic heterocycles. The summed E-state index contributed by atoms with van der Waals surface area (Å²) >= 11 is 0. The van der Waals surface area contributed by atoms with Crippen molar-refractivity contribution in [3.8, 4) is 5.75 Å². The van der Waals surface area contributed by atoms with Gasteiger partial charge >= 0.3 is 0 Å². The summed E-state index contributed by atoms with van der Waals surface area (Å²) in [6, 6.07) is 16.3. The number of rotatable bonds is 3. The maximum atomic E-state index is 12.2. The van der Waals surface area contributed by atoms with Gasteiger partial charge in [0.15, 0.2) is 0 Å². The Bertz CT molecular complexity index is 1110. The zero-order chi connectivity index (χ0) is 17.2. The molecule has 4 rings (SSSR count). The number of aromatic hydroxyl groups is 1. The lowest BCUT2D eigenvalue weighted by Crippen LogP contribution is -2.17. The fourth-order valence-electron chi connectivity index (χ4n) is 2.68. The van der Waals surface area contributed by atoms with Crippen molar-refractivity contribution in [1.82, 2.24) is 15.4 Å². The first-order valence-electron chi connectivity index (χ1n) is 7.69. The van der Waals surface area contributed by atoms with Crippen LogP contribution in [0.2, 0.25) is 0 Å². The molecular formula is C19H14N4O2. The third-order valence-electron chi connectivity index (χ3n) is 3.98. The average molecular weight is 330 g/mol. The normalized spacial score (nSPS) is 11.4. The van der Waals surface area contributed by atoms with Crippen molar-refractivity contribution in [3.05, 3.63) is 72.1 Å². The highest BCUT2D eigenvalue weighted by molar-refractivity contribution is 5.99. The van der Waals surface area contributed by atoms with Gasteiger partial charge < -0.3 is 10.1 Å². The number of imidazole rings is 1. The van der Waals surface area contributed by atoms with Gasteiger partial charge in [-0.25, -0.2) is 10.4 Å². The van der Waals surface area contributed by atoms with E-state index in [1.807, 2.05) is 30.3 Å². The van der Waals surface area contributed by atoms with E-state index in [4.69, 9.17) is 0 Å². The van der Waals surface area contributed by atoms with Crippen molar-refractivity contribution in [3.63, 3.8) is 0 Å². The first kappa shape index (κ1) is 14.9. The second-order valence-corrected chi connectivity index (χ2v) is 5.56. The molecule has 1 aromatic heterocycles. The average Bonchev–Trinajstić information content (AvgIpc) is 3.11. The van der Waals surface area contributed by atoms with Gasteiger partial charge in [0.1, 0.15) is 5.75 Å². The molecule has 0 unspecified atom stereocenters. The number of aromatic amines is 1. The third-order valence-corrected chi connectivity index (χ3v) is 3.98. The Hall–Kier alpha value is -3.67. The molecule has 3 aromatic carbocycles. The predicted octanol–water partition coefficient (Wildman–Crippen LogP) is 3.19. The fraction of sp³-hybridized carbons (Fsp3) is 0. The van der Waals surface area contributed by atoms with Crippen LogP contribution in [0.1, 0.15) is 15.9 Å². The lowest BCUT2D eigenvalue weighted by atomic mass is 10.1. The number of carbonyl (C=O) groups is 1.